The Morgan fingerprint density at radius 2 is 1.97 bits per heavy atom. The predicted octanol–water partition coefficient (Wildman–Crippen LogP) is 4.21. The van der Waals surface area contributed by atoms with Crippen LogP contribution in [0, 0.1) is 6.92 Å². The van der Waals surface area contributed by atoms with E-state index in [1.165, 1.54) is 11.1 Å². The summed E-state index contributed by atoms with van der Waals surface area (Å²) < 4.78 is 0. The summed E-state index contributed by atoms with van der Waals surface area (Å²) in [5.41, 5.74) is 5.79. The Morgan fingerprint density at radius 3 is 2.73 bits per heavy atom. The largest absolute Gasteiger partial charge is 0.352 e. The predicted molar refractivity (Wildman–Crippen MR) is 119 cm³/mol. The molecule has 0 saturated heterocycles. The second-order valence-corrected chi connectivity index (χ2v) is 8.31. The Balaban J connectivity index is 1.25. The third-order valence-corrected chi connectivity index (χ3v) is 6.17. The molecule has 2 aromatic heterocycles. The van der Waals surface area contributed by atoms with Crippen LogP contribution in [-0.4, -0.2) is 34.8 Å². The molecule has 6 heteroatoms. The molecule has 0 bridgehead atoms. The van der Waals surface area contributed by atoms with Crippen LogP contribution >= 0.6 is 11.3 Å². The molecule has 154 valence electrons. The van der Waals surface area contributed by atoms with Gasteiger partial charge < -0.3 is 10.2 Å². The first-order valence-electron chi connectivity index (χ1n) is 10.2. The lowest BCUT2D eigenvalue weighted by Gasteiger charge is -2.29. The molecule has 1 aliphatic heterocycles. The van der Waals surface area contributed by atoms with Crippen molar-refractivity contribution >= 4 is 23.2 Å². The van der Waals surface area contributed by atoms with E-state index in [1.807, 2.05) is 52.9 Å². The van der Waals surface area contributed by atoms with Gasteiger partial charge in [0.1, 0.15) is 0 Å². The lowest BCUT2D eigenvalue weighted by atomic mass is 9.99. The fourth-order valence-corrected chi connectivity index (χ4v) is 4.43. The number of nitrogens with zero attached hydrogens (tertiary/aromatic N) is 2. The average Bonchev–Trinajstić information content (AvgIpc) is 3.31. The molecule has 0 radical (unpaired) electrons. The molecule has 5 nitrogen and oxygen atoms in total. The number of hydrogen-bond acceptors (Lipinski definition) is 4. The number of pyridine rings is 1. The minimum Gasteiger partial charge on any atom is -0.352 e. The summed E-state index contributed by atoms with van der Waals surface area (Å²) in [7, 11) is 0. The van der Waals surface area contributed by atoms with E-state index in [2.05, 4.69) is 22.4 Å². The quantitative estimate of drug-likeness (QED) is 0.609. The van der Waals surface area contributed by atoms with Gasteiger partial charge >= 0.3 is 0 Å². The van der Waals surface area contributed by atoms with Gasteiger partial charge in [0.05, 0.1) is 17.0 Å². The number of benzene rings is 1. The summed E-state index contributed by atoms with van der Waals surface area (Å²) >= 11 is 1.62. The molecule has 0 saturated carbocycles. The van der Waals surface area contributed by atoms with Crippen molar-refractivity contribution in [2.75, 3.05) is 13.1 Å². The number of aromatic nitrogens is 1. The molecule has 4 rings (SSSR count). The van der Waals surface area contributed by atoms with Crippen molar-refractivity contribution < 1.29 is 9.59 Å². The van der Waals surface area contributed by atoms with E-state index < -0.39 is 0 Å². The number of amides is 2. The first-order valence-corrected chi connectivity index (χ1v) is 11.2. The number of rotatable bonds is 6. The first-order chi connectivity index (χ1) is 14.6. The molecule has 30 heavy (non-hydrogen) atoms. The van der Waals surface area contributed by atoms with Gasteiger partial charge in [-0.1, -0.05) is 24.3 Å². The number of thiophene rings is 1. The zero-order valence-corrected chi connectivity index (χ0v) is 17.9. The monoisotopic (exact) mass is 419 g/mol. The highest BCUT2D eigenvalue weighted by Gasteiger charge is 2.20. The van der Waals surface area contributed by atoms with Gasteiger partial charge in [0.2, 0.25) is 5.91 Å². The maximum absolute atomic E-state index is 12.5. The van der Waals surface area contributed by atoms with Gasteiger partial charge in [-0.25, -0.2) is 0 Å². The fourth-order valence-electron chi connectivity index (χ4n) is 3.78. The summed E-state index contributed by atoms with van der Waals surface area (Å²) in [6, 6.07) is 14.0. The molecule has 0 aliphatic carbocycles. The second-order valence-electron chi connectivity index (χ2n) is 7.53. The third kappa shape index (κ3) is 4.60. The molecule has 0 unspecified atom stereocenters. The molecule has 1 aromatic carbocycles. The van der Waals surface area contributed by atoms with Gasteiger partial charge in [0.15, 0.2) is 0 Å². The number of aryl methyl sites for hydroxylation is 1. The van der Waals surface area contributed by atoms with Crippen LogP contribution in [0.5, 0.6) is 0 Å². The van der Waals surface area contributed by atoms with Crippen molar-refractivity contribution in [3.8, 4) is 11.3 Å². The van der Waals surface area contributed by atoms with Crippen LogP contribution in [0.3, 0.4) is 0 Å². The molecular weight excluding hydrogens is 394 g/mol. The highest BCUT2D eigenvalue weighted by atomic mass is 32.1. The Morgan fingerprint density at radius 1 is 1.13 bits per heavy atom. The van der Waals surface area contributed by atoms with Crippen molar-refractivity contribution in [1.82, 2.24) is 15.2 Å². The Hall–Kier alpha value is -2.99. The summed E-state index contributed by atoms with van der Waals surface area (Å²) in [5.74, 6) is 0.00734. The first kappa shape index (κ1) is 20.3. The van der Waals surface area contributed by atoms with Crippen LogP contribution in [0.2, 0.25) is 0 Å². The fraction of sp³-hybridized carbons (Fsp3) is 0.292. The highest BCUT2D eigenvalue weighted by Crippen LogP contribution is 2.22. The average molecular weight is 420 g/mol. The van der Waals surface area contributed by atoms with Crippen LogP contribution in [-0.2, 0) is 17.8 Å². The summed E-state index contributed by atoms with van der Waals surface area (Å²) in [6.07, 6.45) is 1.98. The SMILES string of the molecule is Cc1nc(-c2ccsc2)ccc1C(=O)NCCCC(=O)N1CCc2ccccc2C1. The van der Waals surface area contributed by atoms with E-state index in [9.17, 15) is 9.59 Å². The number of carbonyl (C=O) groups excluding carboxylic acids is 2. The zero-order valence-electron chi connectivity index (χ0n) is 17.1. The van der Waals surface area contributed by atoms with Gasteiger partial charge in [0, 0.05) is 37.0 Å². The molecule has 1 N–H and O–H groups in total. The smallest absolute Gasteiger partial charge is 0.253 e. The van der Waals surface area contributed by atoms with Crippen LogP contribution in [0.25, 0.3) is 11.3 Å². The van der Waals surface area contributed by atoms with Gasteiger partial charge in [0.25, 0.3) is 5.91 Å². The molecule has 0 atom stereocenters. The van der Waals surface area contributed by atoms with E-state index in [-0.39, 0.29) is 11.8 Å². The maximum atomic E-state index is 12.5. The minimum atomic E-state index is -0.142. The summed E-state index contributed by atoms with van der Waals surface area (Å²) in [6.45, 7) is 3.77. The molecule has 3 heterocycles. The zero-order chi connectivity index (χ0) is 20.9. The van der Waals surface area contributed by atoms with E-state index in [0.717, 1.165) is 24.2 Å². The molecule has 3 aromatic rings. The maximum Gasteiger partial charge on any atom is 0.253 e. The van der Waals surface area contributed by atoms with Crippen molar-refractivity contribution in [1.29, 1.82) is 0 Å². The van der Waals surface area contributed by atoms with Gasteiger partial charge in [-0.05, 0) is 54.5 Å². The van der Waals surface area contributed by atoms with Crippen LogP contribution < -0.4 is 5.32 Å². The van der Waals surface area contributed by atoms with Crippen molar-refractivity contribution in [3.05, 3.63) is 75.6 Å². The molecular formula is C24H25N3O2S. The number of carbonyl (C=O) groups is 2. The molecule has 0 spiro atoms. The van der Waals surface area contributed by atoms with Crippen molar-refractivity contribution in [2.24, 2.45) is 0 Å². The molecule has 0 fully saturated rings. The Kier molecular flexibility index (Phi) is 6.23. The van der Waals surface area contributed by atoms with Gasteiger partial charge in [-0.3, -0.25) is 14.6 Å². The molecule has 2 amide bonds. The molecule has 1 aliphatic rings. The standard InChI is InChI=1S/C24H25N3O2S/c1-17-21(8-9-22(26-17)20-11-14-30-16-20)24(29)25-12-4-7-23(28)27-13-10-18-5-2-3-6-19(18)15-27/h2-3,5-6,8-9,11,14,16H,4,7,10,12-13,15H2,1H3,(H,25,29). The number of hydrogen-bond donors (Lipinski definition) is 1. The van der Waals surface area contributed by atoms with E-state index >= 15 is 0 Å². The van der Waals surface area contributed by atoms with Crippen LogP contribution in [0.15, 0.2) is 53.2 Å². The second kappa shape index (κ2) is 9.22. The lowest BCUT2D eigenvalue weighted by molar-refractivity contribution is -0.132. The summed E-state index contributed by atoms with van der Waals surface area (Å²) in [5, 5.41) is 6.97. The van der Waals surface area contributed by atoms with Crippen LogP contribution in [0.4, 0.5) is 0 Å². The Bertz CT molecular complexity index is 1050. The topological polar surface area (TPSA) is 62.3 Å². The van der Waals surface area contributed by atoms with Crippen molar-refractivity contribution in [3.63, 3.8) is 0 Å². The summed E-state index contributed by atoms with van der Waals surface area (Å²) in [4.78, 5) is 31.5. The number of nitrogens with one attached hydrogen (secondary N) is 1. The van der Waals surface area contributed by atoms with Gasteiger partial charge in [-0.15, -0.1) is 0 Å². The Labute approximate surface area is 180 Å². The number of fused-ring (bicyclic) bond motifs is 1. The van der Waals surface area contributed by atoms with E-state index in [1.54, 1.807) is 11.3 Å². The minimum absolute atomic E-state index is 0.142. The van der Waals surface area contributed by atoms with Crippen LogP contribution in [0.1, 0.15) is 40.0 Å². The van der Waals surface area contributed by atoms with Gasteiger partial charge in [-0.2, -0.15) is 11.3 Å². The normalized spacial score (nSPS) is 13.0. The van der Waals surface area contributed by atoms with E-state index in [4.69, 9.17) is 0 Å². The van der Waals surface area contributed by atoms with Crippen molar-refractivity contribution in [2.45, 2.75) is 32.7 Å². The third-order valence-electron chi connectivity index (χ3n) is 5.48. The van der Waals surface area contributed by atoms with E-state index in [0.29, 0.717) is 37.2 Å². The highest BCUT2D eigenvalue weighted by molar-refractivity contribution is 7.08. The lowest BCUT2D eigenvalue weighted by Crippen LogP contribution is -2.36.